The van der Waals surface area contributed by atoms with Crippen molar-refractivity contribution in [1.29, 1.82) is 0 Å². The molecule has 128 valence electrons. The van der Waals surface area contributed by atoms with E-state index >= 15 is 0 Å². The van der Waals surface area contributed by atoms with Crippen molar-refractivity contribution in [2.75, 3.05) is 26.2 Å². The molecule has 0 saturated carbocycles. The van der Waals surface area contributed by atoms with Gasteiger partial charge in [0.25, 0.3) is 0 Å². The molecule has 3 aliphatic rings. The van der Waals surface area contributed by atoms with Gasteiger partial charge in [0.05, 0.1) is 5.54 Å². The van der Waals surface area contributed by atoms with Gasteiger partial charge in [-0.05, 0) is 18.4 Å². The molecular formula is C18H23N3O3. The Hall–Kier alpha value is -2.08. The number of rotatable bonds is 2. The Bertz CT molecular complexity index is 650. The quantitative estimate of drug-likeness (QED) is 0.831. The molecule has 2 atom stereocenters. The fourth-order valence-corrected chi connectivity index (χ4v) is 4.57. The topological polar surface area (TPSA) is 53.1 Å². The van der Waals surface area contributed by atoms with Crippen molar-refractivity contribution in [2.24, 2.45) is 5.92 Å². The van der Waals surface area contributed by atoms with Gasteiger partial charge < -0.3 is 9.64 Å². The fourth-order valence-electron chi connectivity index (χ4n) is 4.57. The number of hydrogen-bond donors (Lipinski definition) is 0. The third-order valence-corrected chi connectivity index (χ3v) is 5.67. The fraction of sp³-hybridized carbons (Fsp3) is 0.556. The summed E-state index contributed by atoms with van der Waals surface area (Å²) >= 11 is 0. The molecule has 0 N–H and O–H groups in total. The molecule has 3 heterocycles. The second-order valence-corrected chi connectivity index (χ2v) is 7.05. The van der Waals surface area contributed by atoms with E-state index in [1.54, 1.807) is 6.92 Å². The lowest BCUT2D eigenvalue weighted by Gasteiger charge is -2.35. The first-order chi connectivity index (χ1) is 11.6. The Morgan fingerprint density at radius 1 is 1.25 bits per heavy atom. The zero-order valence-electron chi connectivity index (χ0n) is 14.0. The summed E-state index contributed by atoms with van der Waals surface area (Å²) in [4.78, 5) is 26.1. The minimum Gasteiger partial charge on any atom is -0.445 e. The molecular weight excluding hydrogens is 306 g/mol. The van der Waals surface area contributed by atoms with E-state index in [1.807, 2.05) is 40.2 Å². The summed E-state index contributed by atoms with van der Waals surface area (Å²) in [5, 5.41) is 4.09. The minimum absolute atomic E-state index is 0.0581. The highest BCUT2D eigenvalue weighted by Crippen LogP contribution is 2.47. The minimum atomic E-state index is -0.246. The van der Waals surface area contributed by atoms with Crippen molar-refractivity contribution in [3.05, 3.63) is 35.9 Å². The molecule has 3 saturated heterocycles. The normalized spacial score (nSPS) is 28.8. The number of amides is 2. The van der Waals surface area contributed by atoms with Gasteiger partial charge in [0.15, 0.2) is 0 Å². The van der Waals surface area contributed by atoms with Crippen molar-refractivity contribution < 1.29 is 14.3 Å². The third-order valence-electron chi connectivity index (χ3n) is 5.67. The van der Waals surface area contributed by atoms with Crippen molar-refractivity contribution in [2.45, 2.75) is 31.9 Å². The molecule has 1 unspecified atom stereocenters. The Morgan fingerprint density at radius 3 is 2.79 bits per heavy atom. The highest BCUT2D eigenvalue weighted by Gasteiger charge is 2.61. The Kier molecular flexibility index (Phi) is 3.72. The van der Waals surface area contributed by atoms with Crippen LogP contribution in [0.2, 0.25) is 0 Å². The molecule has 0 aromatic heterocycles. The Balaban J connectivity index is 1.42. The monoisotopic (exact) mass is 329 g/mol. The second kappa shape index (κ2) is 5.77. The van der Waals surface area contributed by atoms with Crippen LogP contribution in [0.15, 0.2) is 30.3 Å². The number of hydrazine groups is 1. The lowest BCUT2D eigenvalue weighted by atomic mass is 9.87. The zero-order valence-corrected chi connectivity index (χ0v) is 14.0. The van der Waals surface area contributed by atoms with E-state index in [2.05, 4.69) is 5.01 Å². The number of benzene rings is 1. The standard InChI is InChI=1S/C18H23N3O3/c1-14(22)20-11-16-10-19(13-18(16)8-5-9-21(18)20)17(23)24-12-15-6-3-2-4-7-15/h2-4,6-7,16H,5,8-13H2,1H3/t16?,18-/m1/s1. The second-order valence-electron chi connectivity index (χ2n) is 7.05. The van der Waals surface area contributed by atoms with Gasteiger partial charge in [-0.1, -0.05) is 30.3 Å². The highest BCUT2D eigenvalue weighted by molar-refractivity contribution is 5.74. The molecule has 4 rings (SSSR count). The van der Waals surface area contributed by atoms with Crippen molar-refractivity contribution in [3.8, 4) is 0 Å². The molecule has 0 bridgehead atoms. The van der Waals surface area contributed by atoms with E-state index < -0.39 is 0 Å². The maximum atomic E-state index is 12.5. The summed E-state index contributed by atoms with van der Waals surface area (Å²) in [6.07, 6.45) is 1.88. The predicted molar refractivity (Wildman–Crippen MR) is 87.7 cm³/mol. The van der Waals surface area contributed by atoms with Crippen molar-refractivity contribution in [3.63, 3.8) is 0 Å². The van der Waals surface area contributed by atoms with Gasteiger partial charge in [-0.15, -0.1) is 0 Å². The lowest BCUT2D eigenvalue weighted by Crippen LogP contribution is -2.51. The molecule has 1 aromatic carbocycles. The number of likely N-dealkylation sites (tertiary alicyclic amines) is 1. The van der Waals surface area contributed by atoms with Crippen molar-refractivity contribution >= 4 is 12.0 Å². The Labute approximate surface area is 141 Å². The van der Waals surface area contributed by atoms with Crippen LogP contribution in [0.5, 0.6) is 0 Å². The van der Waals surface area contributed by atoms with Gasteiger partial charge in [0, 0.05) is 39.0 Å². The molecule has 2 amide bonds. The number of nitrogens with zero attached hydrogens (tertiary/aromatic N) is 3. The van der Waals surface area contributed by atoms with Crippen LogP contribution in [0.1, 0.15) is 25.3 Å². The first-order valence-corrected chi connectivity index (χ1v) is 8.61. The molecule has 3 fully saturated rings. The van der Waals surface area contributed by atoms with Crippen LogP contribution >= 0.6 is 0 Å². The van der Waals surface area contributed by atoms with Gasteiger partial charge >= 0.3 is 6.09 Å². The van der Waals surface area contributed by atoms with Gasteiger partial charge in [0.2, 0.25) is 5.91 Å². The molecule has 6 heteroatoms. The average Bonchev–Trinajstić information content (AvgIpc) is 3.21. The smallest absolute Gasteiger partial charge is 0.410 e. The first-order valence-electron chi connectivity index (χ1n) is 8.61. The van der Waals surface area contributed by atoms with Crippen LogP contribution in [0.25, 0.3) is 0 Å². The molecule has 24 heavy (non-hydrogen) atoms. The third kappa shape index (κ3) is 2.36. The first kappa shape index (κ1) is 15.4. The molecule has 0 aliphatic carbocycles. The molecule has 3 aliphatic heterocycles. The van der Waals surface area contributed by atoms with Crippen LogP contribution in [0.3, 0.4) is 0 Å². The van der Waals surface area contributed by atoms with Gasteiger partial charge in [-0.25, -0.2) is 9.80 Å². The predicted octanol–water partition coefficient (Wildman–Crippen LogP) is 1.87. The summed E-state index contributed by atoms with van der Waals surface area (Å²) in [6, 6.07) is 9.73. The van der Waals surface area contributed by atoms with E-state index in [1.165, 1.54) is 0 Å². The number of hydrogen-bond acceptors (Lipinski definition) is 4. The molecule has 6 nitrogen and oxygen atoms in total. The van der Waals surface area contributed by atoms with E-state index in [0.29, 0.717) is 25.6 Å². The van der Waals surface area contributed by atoms with Gasteiger partial charge in [-0.2, -0.15) is 0 Å². The van der Waals surface area contributed by atoms with Gasteiger partial charge in [-0.3, -0.25) is 9.80 Å². The molecule has 1 aromatic rings. The van der Waals surface area contributed by atoms with Crippen LogP contribution in [0, 0.1) is 5.92 Å². The molecule has 0 radical (unpaired) electrons. The zero-order chi connectivity index (χ0) is 16.7. The van der Waals surface area contributed by atoms with Crippen LogP contribution in [0.4, 0.5) is 4.79 Å². The number of carbonyl (C=O) groups is 2. The molecule has 1 spiro atoms. The summed E-state index contributed by atoms with van der Waals surface area (Å²) in [5.74, 6) is 0.428. The van der Waals surface area contributed by atoms with E-state index in [-0.39, 0.29) is 17.5 Å². The Morgan fingerprint density at radius 2 is 2.04 bits per heavy atom. The van der Waals surface area contributed by atoms with Crippen LogP contribution in [-0.4, -0.2) is 58.6 Å². The summed E-state index contributed by atoms with van der Waals surface area (Å²) < 4.78 is 5.48. The number of ether oxygens (including phenoxy) is 1. The van der Waals surface area contributed by atoms with Crippen LogP contribution < -0.4 is 0 Å². The van der Waals surface area contributed by atoms with Crippen LogP contribution in [-0.2, 0) is 16.1 Å². The summed E-state index contributed by atoms with van der Waals surface area (Å²) in [7, 11) is 0. The largest absolute Gasteiger partial charge is 0.445 e. The SMILES string of the molecule is CC(=O)N1CC2CN(C(=O)OCc3ccccc3)C[C@]23CCCN13. The van der Waals surface area contributed by atoms with Gasteiger partial charge in [0.1, 0.15) is 6.61 Å². The highest BCUT2D eigenvalue weighted by atomic mass is 16.6. The van der Waals surface area contributed by atoms with Crippen molar-refractivity contribution in [1.82, 2.24) is 14.9 Å². The van der Waals surface area contributed by atoms with E-state index in [0.717, 1.165) is 31.5 Å². The average molecular weight is 329 g/mol. The van der Waals surface area contributed by atoms with E-state index in [4.69, 9.17) is 4.74 Å². The summed E-state index contributed by atoms with van der Waals surface area (Å²) in [6.45, 7) is 4.89. The lowest BCUT2D eigenvalue weighted by molar-refractivity contribution is -0.144. The number of carbonyl (C=O) groups excluding carboxylic acids is 2. The maximum absolute atomic E-state index is 12.5. The van der Waals surface area contributed by atoms with E-state index in [9.17, 15) is 9.59 Å². The summed E-state index contributed by atoms with van der Waals surface area (Å²) in [5.41, 5.74) is 0.936. The maximum Gasteiger partial charge on any atom is 0.410 e.